The van der Waals surface area contributed by atoms with Crippen molar-refractivity contribution in [1.29, 1.82) is 0 Å². The minimum atomic E-state index is -3.50. The molecule has 0 unspecified atom stereocenters. The van der Waals surface area contributed by atoms with Gasteiger partial charge in [0, 0.05) is 19.2 Å². The second-order valence-corrected chi connectivity index (χ2v) is 7.07. The molecule has 0 amide bonds. The van der Waals surface area contributed by atoms with Gasteiger partial charge in [0.1, 0.15) is 0 Å². The molecule has 0 atom stereocenters. The third kappa shape index (κ3) is 3.71. The van der Waals surface area contributed by atoms with Crippen LogP contribution in [-0.4, -0.2) is 36.9 Å². The van der Waals surface area contributed by atoms with Crippen LogP contribution in [0.3, 0.4) is 0 Å². The number of carboxylic acids is 1. The summed E-state index contributed by atoms with van der Waals surface area (Å²) in [6, 6.07) is 4.96. The molecule has 114 valence electrons. The van der Waals surface area contributed by atoms with E-state index in [4.69, 9.17) is 5.11 Å². The van der Waals surface area contributed by atoms with E-state index in [1.54, 1.807) is 25.1 Å². The molecule has 1 aromatic rings. The molecule has 0 aliphatic carbocycles. The molecule has 1 aliphatic heterocycles. The third-order valence-electron chi connectivity index (χ3n) is 3.56. The highest BCUT2D eigenvalue weighted by Gasteiger charge is 2.27. The fraction of sp³-hybridized carbons (Fsp3) is 0.400. The zero-order valence-electron chi connectivity index (χ0n) is 11.9. The number of nitrogens with zero attached hydrogens (tertiary/aromatic N) is 1. The van der Waals surface area contributed by atoms with Gasteiger partial charge < -0.3 is 5.11 Å². The van der Waals surface area contributed by atoms with E-state index in [0.717, 1.165) is 25.3 Å². The summed E-state index contributed by atoms with van der Waals surface area (Å²) in [5, 5.41) is 8.65. The van der Waals surface area contributed by atoms with E-state index in [1.807, 2.05) is 0 Å². The van der Waals surface area contributed by atoms with E-state index in [2.05, 4.69) is 0 Å². The molecule has 5 nitrogen and oxygen atoms in total. The van der Waals surface area contributed by atoms with E-state index in [9.17, 15) is 13.2 Å². The summed E-state index contributed by atoms with van der Waals surface area (Å²) in [5.74, 6) is -1.06. The Bertz CT molecular complexity index is 658. The Hall–Kier alpha value is -1.66. The van der Waals surface area contributed by atoms with Crippen LogP contribution in [0, 0.1) is 6.92 Å². The van der Waals surface area contributed by atoms with Crippen molar-refractivity contribution < 1.29 is 18.3 Å². The van der Waals surface area contributed by atoms with Crippen LogP contribution >= 0.6 is 0 Å². The highest BCUT2D eigenvalue weighted by Crippen LogP contribution is 2.24. The first-order chi connectivity index (χ1) is 9.91. The Balaban J connectivity index is 2.37. The van der Waals surface area contributed by atoms with Crippen LogP contribution < -0.4 is 0 Å². The lowest BCUT2D eigenvalue weighted by Gasteiger charge is -2.26. The molecule has 2 rings (SSSR count). The second-order valence-electron chi connectivity index (χ2n) is 5.16. The number of aliphatic carboxylic acids is 1. The molecule has 1 aliphatic rings. The van der Waals surface area contributed by atoms with Crippen LogP contribution in [0.25, 0.3) is 6.08 Å². The SMILES string of the molecule is Cc1ccc(/C=C/C(=O)O)cc1S(=O)(=O)N1CCCCC1. The van der Waals surface area contributed by atoms with Crippen molar-refractivity contribution >= 4 is 22.1 Å². The molecule has 0 spiro atoms. The molecular formula is C15H19NO4S. The highest BCUT2D eigenvalue weighted by atomic mass is 32.2. The molecule has 21 heavy (non-hydrogen) atoms. The van der Waals surface area contributed by atoms with Gasteiger partial charge in [-0.3, -0.25) is 0 Å². The molecule has 1 aromatic carbocycles. The van der Waals surface area contributed by atoms with Gasteiger partial charge in [0.25, 0.3) is 0 Å². The minimum Gasteiger partial charge on any atom is -0.478 e. The lowest BCUT2D eigenvalue weighted by atomic mass is 10.1. The number of hydrogen-bond donors (Lipinski definition) is 1. The molecule has 6 heteroatoms. The van der Waals surface area contributed by atoms with Gasteiger partial charge in [-0.25, -0.2) is 13.2 Å². The normalized spacial score (nSPS) is 17.2. The average molecular weight is 309 g/mol. The number of carbonyl (C=O) groups is 1. The molecule has 0 bridgehead atoms. The summed E-state index contributed by atoms with van der Waals surface area (Å²) in [7, 11) is -3.50. The molecule has 0 aromatic heterocycles. The lowest BCUT2D eigenvalue weighted by Crippen LogP contribution is -2.35. The number of rotatable bonds is 4. The van der Waals surface area contributed by atoms with Crippen molar-refractivity contribution in [3.63, 3.8) is 0 Å². The van der Waals surface area contributed by atoms with Crippen molar-refractivity contribution in [3.05, 3.63) is 35.4 Å². The largest absolute Gasteiger partial charge is 0.478 e. The summed E-state index contributed by atoms with van der Waals surface area (Å²) in [5.41, 5.74) is 1.24. The Kier molecular flexibility index (Phi) is 4.80. The standard InChI is InChI=1S/C15H19NO4S/c1-12-5-6-13(7-8-15(17)18)11-14(12)21(19,20)16-9-3-2-4-10-16/h5-8,11H,2-4,9-10H2,1H3,(H,17,18)/b8-7+. The highest BCUT2D eigenvalue weighted by molar-refractivity contribution is 7.89. The van der Waals surface area contributed by atoms with E-state index in [-0.39, 0.29) is 4.90 Å². The van der Waals surface area contributed by atoms with Crippen LogP contribution in [0.15, 0.2) is 29.2 Å². The fourth-order valence-electron chi connectivity index (χ4n) is 2.41. The minimum absolute atomic E-state index is 0.261. The molecule has 0 saturated carbocycles. The zero-order chi connectivity index (χ0) is 15.5. The average Bonchev–Trinajstić information content (AvgIpc) is 2.47. The quantitative estimate of drug-likeness (QED) is 0.866. The van der Waals surface area contributed by atoms with Gasteiger partial charge in [0.2, 0.25) is 10.0 Å². The summed E-state index contributed by atoms with van der Waals surface area (Å²) in [6.45, 7) is 2.86. The van der Waals surface area contributed by atoms with Gasteiger partial charge in [-0.15, -0.1) is 0 Å². The molecule has 1 fully saturated rings. The summed E-state index contributed by atoms with van der Waals surface area (Å²) < 4.78 is 26.9. The van der Waals surface area contributed by atoms with Crippen LogP contribution in [0.4, 0.5) is 0 Å². The molecule has 1 N–H and O–H groups in total. The van der Waals surface area contributed by atoms with Crippen molar-refractivity contribution in [3.8, 4) is 0 Å². The van der Waals surface area contributed by atoms with Gasteiger partial charge in [0.05, 0.1) is 4.90 Å². The summed E-state index contributed by atoms with van der Waals surface area (Å²) in [6.07, 6.45) is 5.24. The third-order valence-corrected chi connectivity index (χ3v) is 5.60. The Morgan fingerprint density at radius 1 is 1.24 bits per heavy atom. The lowest BCUT2D eigenvalue weighted by molar-refractivity contribution is -0.131. The van der Waals surface area contributed by atoms with Crippen molar-refractivity contribution in [2.24, 2.45) is 0 Å². The van der Waals surface area contributed by atoms with Crippen LogP contribution in [0.5, 0.6) is 0 Å². The predicted molar refractivity (Wildman–Crippen MR) is 80.5 cm³/mol. The summed E-state index contributed by atoms with van der Waals surface area (Å²) in [4.78, 5) is 10.8. The number of hydrogen-bond acceptors (Lipinski definition) is 3. The van der Waals surface area contributed by atoms with Crippen molar-refractivity contribution in [2.75, 3.05) is 13.1 Å². The monoisotopic (exact) mass is 309 g/mol. The van der Waals surface area contributed by atoms with Crippen LogP contribution in [0.1, 0.15) is 30.4 Å². The van der Waals surface area contributed by atoms with E-state index < -0.39 is 16.0 Å². The van der Waals surface area contributed by atoms with E-state index in [1.165, 1.54) is 10.4 Å². The van der Waals surface area contributed by atoms with Crippen molar-refractivity contribution in [2.45, 2.75) is 31.1 Å². The first-order valence-electron chi connectivity index (χ1n) is 6.93. The van der Waals surface area contributed by atoms with Gasteiger partial charge >= 0.3 is 5.97 Å². The van der Waals surface area contributed by atoms with E-state index in [0.29, 0.717) is 24.2 Å². The smallest absolute Gasteiger partial charge is 0.328 e. The summed E-state index contributed by atoms with van der Waals surface area (Å²) >= 11 is 0. The maximum absolute atomic E-state index is 12.7. The predicted octanol–water partition coefficient (Wildman–Crippen LogP) is 2.27. The Labute approximate surface area is 124 Å². The topological polar surface area (TPSA) is 74.7 Å². The first-order valence-corrected chi connectivity index (χ1v) is 8.37. The Morgan fingerprint density at radius 3 is 2.52 bits per heavy atom. The van der Waals surface area contributed by atoms with Gasteiger partial charge in [-0.05, 0) is 43.0 Å². The number of aryl methyl sites for hydroxylation is 1. The maximum Gasteiger partial charge on any atom is 0.328 e. The number of benzene rings is 1. The number of piperidine rings is 1. The van der Waals surface area contributed by atoms with Crippen LogP contribution in [0.2, 0.25) is 0 Å². The Morgan fingerprint density at radius 2 is 1.90 bits per heavy atom. The number of carboxylic acid groups (broad SMARTS) is 1. The van der Waals surface area contributed by atoms with Gasteiger partial charge in [0.15, 0.2) is 0 Å². The van der Waals surface area contributed by atoms with E-state index >= 15 is 0 Å². The number of sulfonamides is 1. The molecule has 1 saturated heterocycles. The van der Waals surface area contributed by atoms with Crippen molar-refractivity contribution in [1.82, 2.24) is 4.31 Å². The molecule has 1 heterocycles. The second kappa shape index (κ2) is 6.41. The maximum atomic E-state index is 12.7. The fourth-order valence-corrected chi connectivity index (χ4v) is 4.19. The first kappa shape index (κ1) is 15.7. The zero-order valence-corrected chi connectivity index (χ0v) is 12.8. The van der Waals surface area contributed by atoms with Gasteiger partial charge in [-0.2, -0.15) is 4.31 Å². The molecular weight excluding hydrogens is 290 g/mol. The molecule has 0 radical (unpaired) electrons. The van der Waals surface area contributed by atoms with Gasteiger partial charge in [-0.1, -0.05) is 18.6 Å². The van der Waals surface area contributed by atoms with Crippen LogP contribution in [-0.2, 0) is 14.8 Å².